The Labute approximate surface area is 118 Å². The van der Waals surface area contributed by atoms with Gasteiger partial charge in [0.05, 0.1) is 11.0 Å². The molecule has 1 aromatic rings. The minimum Gasteiger partial charge on any atom is -0.478 e. The first kappa shape index (κ1) is 14.5. The van der Waals surface area contributed by atoms with Gasteiger partial charge in [0.25, 0.3) is 5.69 Å². The number of unbranched alkanes of at least 4 members (excludes halogenated alkanes) is 1. The van der Waals surface area contributed by atoms with Gasteiger partial charge in [-0.25, -0.2) is 0 Å². The van der Waals surface area contributed by atoms with Crippen LogP contribution in [0, 0.1) is 10.1 Å². The Balaban J connectivity index is 2.47. The molecule has 0 bridgehead atoms. The van der Waals surface area contributed by atoms with Crippen molar-refractivity contribution in [2.45, 2.75) is 51.0 Å². The van der Waals surface area contributed by atoms with Crippen molar-refractivity contribution in [1.29, 1.82) is 0 Å². The first-order valence-corrected chi connectivity index (χ1v) is 6.82. The topological polar surface area (TPSA) is 69.4 Å². The third kappa shape index (κ3) is 1.97. The lowest BCUT2D eigenvalue weighted by atomic mass is 9.70. The van der Waals surface area contributed by atoms with E-state index >= 15 is 0 Å². The molecule has 1 atom stereocenters. The summed E-state index contributed by atoms with van der Waals surface area (Å²) in [6, 6.07) is 4.57. The molecule has 1 aromatic carbocycles. The van der Waals surface area contributed by atoms with Crippen LogP contribution >= 0.6 is 0 Å². The van der Waals surface area contributed by atoms with Gasteiger partial charge in [-0.15, -0.1) is 0 Å². The van der Waals surface area contributed by atoms with Crippen LogP contribution in [-0.2, 0) is 10.2 Å². The van der Waals surface area contributed by atoms with Gasteiger partial charge < -0.3 is 4.74 Å². The average molecular weight is 277 g/mol. The van der Waals surface area contributed by atoms with E-state index in [1.165, 1.54) is 12.1 Å². The maximum absolute atomic E-state index is 11.7. The van der Waals surface area contributed by atoms with E-state index in [4.69, 9.17) is 4.74 Å². The number of carbonyl (C=O) groups is 1. The molecule has 5 nitrogen and oxygen atoms in total. The number of fused-ring (bicyclic) bond motifs is 1. The largest absolute Gasteiger partial charge is 0.478 e. The van der Waals surface area contributed by atoms with Gasteiger partial charge in [0.2, 0.25) is 0 Å². The van der Waals surface area contributed by atoms with Crippen molar-refractivity contribution in [3.8, 4) is 5.75 Å². The second kappa shape index (κ2) is 4.89. The number of aldehydes is 1. The van der Waals surface area contributed by atoms with Gasteiger partial charge in [0, 0.05) is 17.0 Å². The highest BCUT2D eigenvalue weighted by Crippen LogP contribution is 2.51. The van der Waals surface area contributed by atoms with Crippen LogP contribution in [0.5, 0.6) is 5.75 Å². The third-order valence-electron chi connectivity index (χ3n) is 4.29. The summed E-state index contributed by atoms with van der Waals surface area (Å²) in [6.45, 7) is 5.96. The maximum Gasteiger partial charge on any atom is 0.273 e. The normalized spacial score (nSPS) is 22.9. The molecule has 0 amide bonds. The van der Waals surface area contributed by atoms with E-state index in [9.17, 15) is 14.9 Å². The van der Waals surface area contributed by atoms with Gasteiger partial charge >= 0.3 is 0 Å². The fraction of sp³-hybridized carbons (Fsp3) is 0.533. The molecule has 0 saturated carbocycles. The third-order valence-corrected chi connectivity index (χ3v) is 4.29. The van der Waals surface area contributed by atoms with Crippen LogP contribution in [-0.4, -0.2) is 16.8 Å². The molecule has 2 rings (SSSR count). The number of rotatable bonds is 5. The van der Waals surface area contributed by atoms with E-state index in [1.54, 1.807) is 6.07 Å². The van der Waals surface area contributed by atoms with Crippen LogP contribution in [0.15, 0.2) is 18.2 Å². The number of ether oxygens (including phenoxy) is 1. The Hall–Kier alpha value is -1.91. The molecule has 0 aliphatic carbocycles. The molecule has 20 heavy (non-hydrogen) atoms. The van der Waals surface area contributed by atoms with Crippen LogP contribution in [0.2, 0.25) is 0 Å². The summed E-state index contributed by atoms with van der Waals surface area (Å²) < 4.78 is 5.88. The van der Waals surface area contributed by atoms with Gasteiger partial charge in [-0.1, -0.05) is 27.2 Å². The predicted molar refractivity (Wildman–Crippen MR) is 75.1 cm³/mol. The van der Waals surface area contributed by atoms with Crippen molar-refractivity contribution in [3.63, 3.8) is 0 Å². The Kier molecular flexibility index (Phi) is 3.54. The van der Waals surface area contributed by atoms with Crippen LogP contribution in [0.1, 0.15) is 45.6 Å². The fourth-order valence-electron chi connectivity index (χ4n) is 2.81. The van der Waals surface area contributed by atoms with E-state index in [1.807, 2.05) is 13.8 Å². The van der Waals surface area contributed by atoms with Gasteiger partial charge in [0.15, 0.2) is 11.9 Å². The zero-order valence-corrected chi connectivity index (χ0v) is 12.0. The zero-order valence-electron chi connectivity index (χ0n) is 12.0. The monoisotopic (exact) mass is 277 g/mol. The van der Waals surface area contributed by atoms with Crippen molar-refractivity contribution in [2.75, 3.05) is 0 Å². The Morgan fingerprint density at radius 3 is 2.65 bits per heavy atom. The van der Waals surface area contributed by atoms with Gasteiger partial charge in [-0.3, -0.25) is 14.9 Å². The van der Waals surface area contributed by atoms with Crippen molar-refractivity contribution in [1.82, 2.24) is 0 Å². The SMILES string of the molecule is CCCCC1(C=O)Oc2cc([N+](=O)[O-])ccc2C1(C)C. The van der Waals surface area contributed by atoms with Gasteiger partial charge in [0.1, 0.15) is 5.75 Å². The summed E-state index contributed by atoms with van der Waals surface area (Å²) in [5, 5.41) is 10.8. The van der Waals surface area contributed by atoms with Crippen LogP contribution < -0.4 is 4.74 Å². The van der Waals surface area contributed by atoms with Crippen LogP contribution in [0.3, 0.4) is 0 Å². The van der Waals surface area contributed by atoms with Gasteiger partial charge in [-0.05, 0) is 18.9 Å². The van der Waals surface area contributed by atoms with Crippen molar-refractivity contribution in [2.24, 2.45) is 0 Å². The van der Waals surface area contributed by atoms with E-state index in [0.29, 0.717) is 12.2 Å². The van der Waals surface area contributed by atoms with Crippen molar-refractivity contribution in [3.05, 3.63) is 33.9 Å². The Morgan fingerprint density at radius 1 is 1.40 bits per heavy atom. The summed E-state index contributed by atoms with van der Waals surface area (Å²) >= 11 is 0. The molecule has 1 aliphatic heterocycles. The predicted octanol–water partition coefficient (Wildman–Crippen LogP) is 3.39. The summed E-state index contributed by atoms with van der Waals surface area (Å²) in [5.41, 5.74) is -0.586. The van der Waals surface area contributed by atoms with Gasteiger partial charge in [-0.2, -0.15) is 0 Å². The van der Waals surface area contributed by atoms with Crippen LogP contribution in [0.4, 0.5) is 5.69 Å². The summed E-state index contributed by atoms with van der Waals surface area (Å²) in [7, 11) is 0. The quantitative estimate of drug-likeness (QED) is 0.470. The molecule has 108 valence electrons. The number of nitrogens with zero attached hydrogens (tertiary/aromatic N) is 1. The Bertz CT molecular complexity index is 553. The molecule has 1 unspecified atom stereocenters. The Morgan fingerprint density at radius 2 is 2.10 bits per heavy atom. The molecule has 0 saturated heterocycles. The highest BCUT2D eigenvalue weighted by molar-refractivity contribution is 5.72. The lowest BCUT2D eigenvalue weighted by Crippen LogP contribution is -2.49. The number of carbonyl (C=O) groups excluding carboxylic acids is 1. The summed E-state index contributed by atoms with van der Waals surface area (Å²) in [6.07, 6.45) is 3.31. The molecule has 5 heteroatoms. The van der Waals surface area contributed by atoms with E-state index < -0.39 is 15.9 Å². The average Bonchev–Trinajstić information content (AvgIpc) is 2.64. The molecular weight excluding hydrogens is 258 g/mol. The first-order valence-electron chi connectivity index (χ1n) is 6.82. The highest BCUT2D eigenvalue weighted by Gasteiger charge is 2.54. The molecular formula is C15H19NO4. The zero-order chi connectivity index (χ0) is 15.0. The minimum absolute atomic E-state index is 0.0169. The van der Waals surface area contributed by atoms with Crippen molar-refractivity contribution < 1.29 is 14.5 Å². The summed E-state index contributed by atoms with van der Waals surface area (Å²) in [5.74, 6) is 0.451. The fourth-order valence-corrected chi connectivity index (χ4v) is 2.81. The number of hydrogen-bond donors (Lipinski definition) is 0. The first-order chi connectivity index (χ1) is 9.38. The number of hydrogen-bond acceptors (Lipinski definition) is 4. The second-order valence-corrected chi connectivity index (χ2v) is 5.78. The molecule has 1 aliphatic rings. The number of nitro benzene ring substituents is 1. The molecule has 0 spiro atoms. The number of nitro groups is 1. The minimum atomic E-state index is -0.930. The second-order valence-electron chi connectivity index (χ2n) is 5.78. The lowest BCUT2D eigenvalue weighted by Gasteiger charge is -2.35. The van der Waals surface area contributed by atoms with E-state index in [-0.39, 0.29) is 5.69 Å². The van der Waals surface area contributed by atoms with E-state index in [2.05, 4.69) is 6.92 Å². The number of benzene rings is 1. The molecule has 0 N–H and O–H groups in total. The number of non-ortho nitro benzene ring substituents is 1. The van der Waals surface area contributed by atoms with Crippen molar-refractivity contribution >= 4 is 12.0 Å². The molecule has 0 fully saturated rings. The highest BCUT2D eigenvalue weighted by atomic mass is 16.6. The standard InChI is InChI=1S/C15H19NO4/c1-4-5-8-15(10-17)14(2,3)12-7-6-11(16(18)19)9-13(12)20-15/h6-7,9-10H,4-5,8H2,1-3H3. The van der Waals surface area contributed by atoms with Crippen LogP contribution in [0.25, 0.3) is 0 Å². The molecule has 0 aromatic heterocycles. The van der Waals surface area contributed by atoms with E-state index in [0.717, 1.165) is 24.7 Å². The summed E-state index contributed by atoms with van der Waals surface area (Å²) in [4.78, 5) is 22.1. The molecule has 1 heterocycles. The lowest BCUT2D eigenvalue weighted by molar-refractivity contribution is -0.384. The maximum atomic E-state index is 11.7. The molecule has 0 radical (unpaired) electrons. The smallest absolute Gasteiger partial charge is 0.273 e.